The van der Waals surface area contributed by atoms with Crippen LogP contribution in [0.1, 0.15) is 56.8 Å². The molecule has 1 rings (SSSR count). The maximum Gasteiger partial charge on any atom is 0.338 e. The molecule has 0 N–H and O–H groups in total. The average Bonchev–Trinajstić information content (AvgIpc) is 2.37. The van der Waals surface area contributed by atoms with Gasteiger partial charge in [0, 0.05) is 0 Å². The van der Waals surface area contributed by atoms with Crippen LogP contribution in [0.5, 0.6) is 0 Å². The van der Waals surface area contributed by atoms with Gasteiger partial charge in [0.25, 0.3) is 0 Å². The fourth-order valence-corrected chi connectivity index (χ4v) is 2.11. The van der Waals surface area contributed by atoms with Gasteiger partial charge in [-0.15, -0.1) is 0 Å². The molecule has 0 saturated carbocycles. The Morgan fingerprint density at radius 1 is 1.22 bits per heavy atom. The molecule has 0 spiro atoms. The highest BCUT2D eigenvalue weighted by molar-refractivity contribution is 5.89. The van der Waals surface area contributed by atoms with Gasteiger partial charge in [0.15, 0.2) is 0 Å². The Balaban J connectivity index is 2.36. The summed E-state index contributed by atoms with van der Waals surface area (Å²) in [5.41, 5.74) is 0.630. The maximum absolute atomic E-state index is 11.8. The second-order valence-electron chi connectivity index (χ2n) is 5.07. The first-order valence-electron chi connectivity index (χ1n) is 6.89. The standard InChI is InChI=1S/C16H24O2/c1-4-5-9-13(2)12-14(3)18-16(17)15-10-7-6-8-11-15/h6-8,10-11,13-14H,4-5,9,12H2,1-3H3. The molecule has 0 radical (unpaired) electrons. The second-order valence-corrected chi connectivity index (χ2v) is 5.07. The van der Waals surface area contributed by atoms with Crippen molar-refractivity contribution in [3.8, 4) is 0 Å². The molecule has 0 aliphatic heterocycles. The van der Waals surface area contributed by atoms with E-state index in [-0.39, 0.29) is 12.1 Å². The zero-order chi connectivity index (χ0) is 13.4. The maximum atomic E-state index is 11.8. The zero-order valence-electron chi connectivity index (χ0n) is 11.7. The van der Waals surface area contributed by atoms with Gasteiger partial charge in [-0.3, -0.25) is 0 Å². The fraction of sp³-hybridized carbons (Fsp3) is 0.562. The molecule has 0 heterocycles. The van der Waals surface area contributed by atoms with Gasteiger partial charge in [0.2, 0.25) is 0 Å². The van der Waals surface area contributed by atoms with Crippen LogP contribution >= 0.6 is 0 Å². The lowest BCUT2D eigenvalue weighted by molar-refractivity contribution is 0.0291. The molecule has 0 amide bonds. The number of carbonyl (C=O) groups excluding carboxylic acids is 1. The number of carbonyl (C=O) groups is 1. The van der Waals surface area contributed by atoms with E-state index in [0.717, 1.165) is 6.42 Å². The summed E-state index contributed by atoms with van der Waals surface area (Å²) >= 11 is 0. The van der Waals surface area contributed by atoms with Crippen molar-refractivity contribution in [3.05, 3.63) is 35.9 Å². The van der Waals surface area contributed by atoms with Crippen molar-refractivity contribution in [2.75, 3.05) is 0 Å². The SMILES string of the molecule is CCCCC(C)CC(C)OC(=O)c1ccccc1. The molecule has 0 bridgehead atoms. The topological polar surface area (TPSA) is 26.3 Å². The predicted octanol–water partition coefficient (Wildman–Crippen LogP) is 4.45. The summed E-state index contributed by atoms with van der Waals surface area (Å²) in [7, 11) is 0. The molecule has 0 fully saturated rings. The minimum absolute atomic E-state index is 0.00966. The lowest BCUT2D eigenvalue weighted by Gasteiger charge is -2.17. The first-order valence-corrected chi connectivity index (χ1v) is 6.89. The first kappa shape index (κ1) is 14.7. The molecule has 0 saturated heterocycles. The molecular formula is C16H24O2. The Morgan fingerprint density at radius 2 is 1.89 bits per heavy atom. The van der Waals surface area contributed by atoms with Gasteiger partial charge < -0.3 is 4.74 Å². The minimum atomic E-state index is -0.217. The van der Waals surface area contributed by atoms with E-state index in [9.17, 15) is 4.79 Å². The van der Waals surface area contributed by atoms with E-state index in [1.54, 1.807) is 12.1 Å². The van der Waals surface area contributed by atoms with Crippen LogP contribution in [-0.4, -0.2) is 12.1 Å². The van der Waals surface area contributed by atoms with Crippen LogP contribution in [-0.2, 0) is 4.74 Å². The van der Waals surface area contributed by atoms with Gasteiger partial charge in [-0.05, 0) is 31.4 Å². The van der Waals surface area contributed by atoms with Gasteiger partial charge >= 0.3 is 5.97 Å². The van der Waals surface area contributed by atoms with Crippen LogP contribution in [0.25, 0.3) is 0 Å². The van der Waals surface area contributed by atoms with Crippen LogP contribution in [0.15, 0.2) is 30.3 Å². The molecule has 0 aliphatic rings. The molecule has 2 nitrogen and oxygen atoms in total. The van der Waals surface area contributed by atoms with Gasteiger partial charge in [-0.2, -0.15) is 0 Å². The van der Waals surface area contributed by atoms with Crippen molar-refractivity contribution in [2.24, 2.45) is 5.92 Å². The molecule has 100 valence electrons. The lowest BCUT2D eigenvalue weighted by Crippen LogP contribution is -2.17. The normalized spacial score (nSPS) is 13.9. The molecule has 2 heteroatoms. The Morgan fingerprint density at radius 3 is 2.50 bits per heavy atom. The third-order valence-electron chi connectivity index (χ3n) is 3.10. The Labute approximate surface area is 110 Å². The van der Waals surface area contributed by atoms with Crippen LogP contribution < -0.4 is 0 Å². The number of unbranched alkanes of at least 4 members (excludes halogenated alkanes) is 1. The van der Waals surface area contributed by atoms with E-state index >= 15 is 0 Å². The van der Waals surface area contributed by atoms with E-state index in [2.05, 4.69) is 13.8 Å². The summed E-state index contributed by atoms with van der Waals surface area (Å²) in [6.45, 7) is 6.40. The summed E-state index contributed by atoms with van der Waals surface area (Å²) in [6.07, 6.45) is 4.62. The molecule has 1 aromatic carbocycles. The van der Waals surface area contributed by atoms with Crippen molar-refractivity contribution in [1.29, 1.82) is 0 Å². The van der Waals surface area contributed by atoms with Crippen LogP contribution in [0.2, 0.25) is 0 Å². The van der Waals surface area contributed by atoms with E-state index in [4.69, 9.17) is 4.74 Å². The molecule has 0 aliphatic carbocycles. The second kappa shape index (κ2) is 7.91. The number of hydrogen-bond acceptors (Lipinski definition) is 2. The zero-order valence-corrected chi connectivity index (χ0v) is 11.7. The molecule has 1 aromatic rings. The van der Waals surface area contributed by atoms with Crippen molar-refractivity contribution in [3.63, 3.8) is 0 Å². The van der Waals surface area contributed by atoms with Crippen molar-refractivity contribution in [1.82, 2.24) is 0 Å². The van der Waals surface area contributed by atoms with Gasteiger partial charge in [0.05, 0.1) is 11.7 Å². The van der Waals surface area contributed by atoms with Crippen molar-refractivity contribution < 1.29 is 9.53 Å². The lowest BCUT2D eigenvalue weighted by atomic mass is 9.98. The number of hydrogen-bond donors (Lipinski definition) is 0. The van der Waals surface area contributed by atoms with E-state index in [1.165, 1.54) is 19.3 Å². The van der Waals surface area contributed by atoms with E-state index in [0.29, 0.717) is 11.5 Å². The molecular weight excluding hydrogens is 224 g/mol. The van der Waals surface area contributed by atoms with Crippen LogP contribution in [0.3, 0.4) is 0 Å². The monoisotopic (exact) mass is 248 g/mol. The van der Waals surface area contributed by atoms with E-state index in [1.807, 2.05) is 25.1 Å². The summed E-state index contributed by atoms with van der Waals surface area (Å²) in [5, 5.41) is 0. The highest BCUT2D eigenvalue weighted by Gasteiger charge is 2.14. The molecule has 0 aromatic heterocycles. The summed E-state index contributed by atoms with van der Waals surface area (Å²) in [5.74, 6) is 0.398. The number of ether oxygens (including phenoxy) is 1. The number of rotatable bonds is 7. The highest BCUT2D eigenvalue weighted by Crippen LogP contribution is 2.16. The first-order chi connectivity index (χ1) is 8.63. The highest BCUT2D eigenvalue weighted by atomic mass is 16.5. The quantitative estimate of drug-likeness (QED) is 0.666. The Kier molecular flexibility index (Phi) is 6.48. The van der Waals surface area contributed by atoms with Crippen LogP contribution in [0, 0.1) is 5.92 Å². The molecule has 2 unspecified atom stereocenters. The summed E-state index contributed by atoms with van der Waals surface area (Å²) in [6, 6.07) is 9.18. The largest absolute Gasteiger partial charge is 0.459 e. The van der Waals surface area contributed by atoms with Crippen molar-refractivity contribution >= 4 is 5.97 Å². The Hall–Kier alpha value is -1.31. The Bertz CT molecular complexity index is 345. The molecule has 18 heavy (non-hydrogen) atoms. The van der Waals surface area contributed by atoms with Gasteiger partial charge in [-0.1, -0.05) is 51.3 Å². The van der Waals surface area contributed by atoms with Gasteiger partial charge in [0.1, 0.15) is 0 Å². The van der Waals surface area contributed by atoms with Crippen molar-refractivity contribution in [2.45, 2.75) is 52.6 Å². The minimum Gasteiger partial charge on any atom is -0.459 e. The molecule has 2 atom stereocenters. The van der Waals surface area contributed by atoms with E-state index < -0.39 is 0 Å². The average molecular weight is 248 g/mol. The fourth-order valence-electron chi connectivity index (χ4n) is 2.11. The smallest absolute Gasteiger partial charge is 0.338 e. The predicted molar refractivity (Wildman–Crippen MR) is 74.6 cm³/mol. The number of esters is 1. The summed E-state index contributed by atoms with van der Waals surface area (Å²) < 4.78 is 5.45. The third-order valence-corrected chi connectivity index (χ3v) is 3.10. The number of benzene rings is 1. The third kappa shape index (κ3) is 5.35. The van der Waals surface area contributed by atoms with Crippen LogP contribution in [0.4, 0.5) is 0 Å². The summed E-state index contributed by atoms with van der Waals surface area (Å²) in [4.78, 5) is 11.8. The van der Waals surface area contributed by atoms with Gasteiger partial charge in [-0.25, -0.2) is 4.79 Å².